The van der Waals surface area contributed by atoms with Gasteiger partial charge < -0.3 is 4.57 Å². The molecule has 0 amide bonds. The molecule has 3 nitrogen and oxygen atoms in total. The van der Waals surface area contributed by atoms with Gasteiger partial charge in [0.15, 0.2) is 6.29 Å². The molecule has 0 aliphatic carbocycles. The largest absolute Gasteiger partial charge is 0.344 e. The van der Waals surface area contributed by atoms with Crippen molar-refractivity contribution in [1.82, 2.24) is 4.57 Å². The molecule has 0 unspecified atom stereocenters. The summed E-state index contributed by atoms with van der Waals surface area (Å²) in [6, 6.07) is 9.32. The summed E-state index contributed by atoms with van der Waals surface area (Å²) in [6.07, 6.45) is 3.34. The van der Waals surface area contributed by atoms with Crippen LogP contribution in [-0.2, 0) is 13.0 Å². The number of aldehydes is 1. The molecule has 3 rings (SSSR count). The Morgan fingerprint density at radius 3 is 2.88 bits per heavy atom. The van der Waals surface area contributed by atoms with Gasteiger partial charge in [0.2, 0.25) is 5.78 Å². The van der Waals surface area contributed by atoms with Crippen LogP contribution in [0.2, 0.25) is 0 Å². The second-order valence-electron chi connectivity index (χ2n) is 4.21. The van der Waals surface area contributed by atoms with E-state index in [2.05, 4.69) is 0 Å². The third-order valence-corrected chi connectivity index (χ3v) is 3.17. The molecule has 1 aromatic heterocycles. The molecular formula is C14H11NO2. The van der Waals surface area contributed by atoms with Crippen LogP contribution in [0.15, 0.2) is 36.5 Å². The molecule has 2 aromatic rings. The highest BCUT2D eigenvalue weighted by molar-refractivity contribution is 6.09. The Kier molecular flexibility index (Phi) is 2.18. The first kappa shape index (κ1) is 10.0. The molecule has 1 aromatic carbocycles. The summed E-state index contributed by atoms with van der Waals surface area (Å²) in [6.45, 7) is 0.742. The van der Waals surface area contributed by atoms with Crippen molar-refractivity contribution in [1.29, 1.82) is 0 Å². The summed E-state index contributed by atoms with van der Waals surface area (Å²) in [5.74, 6) is 0.00574. The molecule has 0 N–H and O–H groups in total. The molecule has 0 atom stereocenters. The number of hydrogen-bond donors (Lipinski definition) is 0. The maximum Gasteiger partial charge on any atom is 0.209 e. The number of nitrogens with zero attached hydrogens (tertiary/aromatic N) is 1. The minimum Gasteiger partial charge on any atom is -0.344 e. The van der Waals surface area contributed by atoms with E-state index in [4.69, 9.17) is 0 Å². The van der Waals surface area contributed by atoms with Crippen LogP contribution < -0.4 is 0 Å². The van der Waals surface area contributed by atoms with E-state index in [1.165, 1.54) is 0 Å². The van der Waals surface area contributed by atoms with Crippen molar-refractivity contribution in [2.45, 2.75) is 13.0 Å². The van der Waals surface area contributed by atoms with Gasteiger partial charge in [-0.15, -0.1) is 0 Å². The van der Waals surface area contributed by atoms with Crippen LogP contribution >= 0.6 is 0 Å². The second-order valence-corrected chi connectivity index (χ2v) is 4.21. The van der Waals surface area contributed by atoms with E-state index in [0.29, 0.717) is 11.3 Å². The number of carbonyl (C=O) groups excluding carboxylic acids is 2. The first-order valence-corrected chi connectivity index (χ1v) is 5.57. The number of carbonyl (C=O) groups is 2. The normalized spacial score (nSPS) is 13.8. The highest BCUT2D eigenvalue weighted by Gasteiger charge is 2.21. The molecule has 0 spiro atoms. The first-order valence-electron chi connectivity index (χ1n) is 5.57. The fraction of sp³-hybridized carbons (Fsp3) is 0.143. The number of rotatable bonds is 1. The van der Waals surface area contributed by atoms with Crippen molar-refractivity contribution in [3.63, 3.8) is 0 Å². The molecule has 0 radical (unpaired) electrons. The van der Waals surface area contributed by atoms with Crippen LogP contribution in [0.25, 0.3) is 0 Å². The third-order valence-electron chi connectivity index (χ3n) is 3.17. The van der Waals surface area contributed by atoms with E-state index >= 15 is 0 Å². The van der Waals surface area contributed by atoms with Crippen molar-refractivity contribution in [3.05, 3.63) is 58.9 Å². The number of benzene rings is 1. The average molecular weight is 225 g/mol. The van der Waals surface area contributed by atoms with Gasteiger partial charge in [0.05, 0.1) is 5.69 Å². The van der Waals surface area contributed by atoms with Crippen LogP contribution in [0.1, 0.15) is 32.0 Å². The van der Waals surface area contributed by atoms with E-state index in [0.717, 1.165) is 30.4 Å². The predicted molar refractivity (Wildman–Crippen MR) is 63.4 cm³/mol. The topological polar surface area (TPSA) is 39.1 Å². The zero-order valence-corrected chi connectivity index (χ0v) is 9.22. The molecular weight excluding hydrogens is 214 g/mol. The van der Waals surface area contributed by atoms with E-state index in [9.17, 15) is 9.59 Å². The molecule has 2 heterocycles. The number of aryl methyl sites for hydroxylation is 2. The van der Waals surface area contributed by atoms with E-state index in [-0.39, 0.29) is 5.78 Å². The lowest BCUT2D eigenvalue weighted by molar-refractivity contribution is 0.103. The molecule has 0 saturated carbocycles. The van der Waals surface area contributed by atoms with Gasteiger partial charge >= 0.3 is 0 Å². The zero-order valence-electron chi connectivity index (χ0n) is 9.22. The number of hydrogen-bond acceptors (Lipinski definition) is 2. The summed E-state index contributed by atoms with van der Waals surface area (Å²) >= 11 is 0. The van der Waals surface area contributed by atoms with Crippen molar-refractivity contribution in [2.24, 2.45) is 0 Å². The highest BCUT2D eigenvalue weighted by Crippen LogP contribution is 2.21. The van der Waals surface area contributed by atoms with Gasteiger partial charge in [0.1, 0.15) is 0 Å². The SMILES string of the molecule is O=Cc1cc2n(c1)CCc1ccccc1C2=O. The van der Waals surface area contributed by atoms with Crippen LogP contribution in [0.5, 0.6) is 0 Å². The third kappa shape index (κ3) is 1.51. The minimum atomic E-state index is 0.00574. The van der Waals surface area contributed by atoms with Gasteiger partial charge in [0.25, 0.3) is 0 Å². The Balaban J connectivity index is 2.18. The maximum atomic E-state index is 12.3. The van der Waals surface area contributed by atoms with Gasteiger partial charge in [-0.25, -0.2) is 0 Å². The Labute approximate surface area is 98.7 Å². The summed E-state index contributed by atoms with van der Waals surface area (Å²) in [5.41, 5.74) is 3.00. The van der Waals surface area contributed by atoms with E-state index in [1.807, 2.05) is 28.8 Å². The van der Waals surface area contributed by atoms with Gasteiger partial charge in [-0.05, 0) is 18.1 Å². The van der Waals surface area contributed by atoms with E-state index in [1.54, 1.807) is 12.3 Å². The molecule has 0 fully saturated rings. The van der Waals surface area contributed by atoms with Gasteiger partial charge in [-0.3, -0.25) is 9.59 Å². The molecule has 0 saturated heterocycles. The molecule has 3 heteroatoms. The zero-order chi connectivity index (χ0) is 11.8. The second kappa shape index (κ2) is 3.70. The maximum absolute atomic E-state index is 12.3. The molecule has 84 valence electrons. The number of fused-ring (bicyclic) bond motifs is 2. The smallest absolute Gasteiger partial charge is 0.209 e. The van der Waals surface area contributed by atoms with Crippen LogP contribution in [0.3, 0.4) is 0 Å². The summed E-state index contributed by atoms with van der Waals surface area (Å²) < 4.78 is 1.87. The Morgan fingerprint density at radius 2 is 2.06 bits per heavy atom. The lowest BCUT2D eigenvalue weighted by atomic mass is 10.0. The predicted octanol–water partition coefficient (Wildman–Crippen LogP) is 2.09. The Morgan fingerprint density at radius 1 is 1.24 bits per heavy atom. The van der Waals surface area contributed by atoms with Crippen molar-refractivity contribution >= 4 is 12.1 Å². The fourth-order valence-corrected chi connectivity index (χ4v) is 2.31. The van der Waals surface area contributed by atoms with Crippen molar-refractivity contribution in [2.75, 3.05) is 0 Å². The standard InChI is InChI=1S/C14H11NO2/c16-9-10-7-13-14(17)12-4-2-1-3-11(12)5-6-15(13)8-10/h1-4,7-9H,5-6H2. The minimum absolute atomic E-state index is 0.00574. The quantitative estimate of drug-likeness (QED) is 0.697. The monoisotopic (exact) mass is 225 g/mol. The summed E-state index contributed by atoms with van der Waals surface area (Å²) in [4.78, 5) is 23.1. The lowest BCUT2D eigenvalue weighted by Crippen LogP contribution is -2.06. The van der Waals surface area contributed by atoms with E-state index < -0.39 is 0 Å². The van der Waals surface area contributed by atoms with Gasteiger partial charge in [0, 0.05) is 23.9 Å². The van der Waals surface area contributed by atoms with Gasteiger partial charge in [-0.2, -0.15) is 0 Å². The molecule has 1 aliphatic heterocycles. The lowest BCUT2D eigenvalue weighted by Gasteiger charge is -2.01. The average Bonchev–Trinajstić information content (AvgIpc) is 2.74. The van der Waals surface area contributed by atoms with Crippen molar-refractivity contribution in [3.8, 4) is 0 Å². The van der Waals surface area contributed by atoms with Crippen LogP contribution in [0.4, 0.5) is 0 Å². The highest BCUT2D eigenvalue weighted by atomic mass is 16.1. The Hall–Kier alpha value is -2.16. The first-order chi connectivity index (χ1) is 8.29. The van der Waals surface area contributed by atoms with Crippen molar-refractivity contribution < 1.29 is 9.59 Å². The van der Waals surface area contributed by atoms with Gasteiger partial charge in [-0.1, -0.05) is 24.3 Å². The summed E-state index contributed by atoms with van der Waals surface area (Å²) in [5, 5.41) is 0. The number of ketones is 1. The Bertz CT molecular complexity index is 610. The molecule has 1 aliphatic rings. The number of aromatic nitrogens is 1. The fourth-order valence-electron chi connectivity index (χ4n) is 2.31. The van der Waals surface area contributed by atoms with Crippen LogP contribution in [-0.4, -0.2) is 16.6 Å². The summed E-state index contributed by atoms with van der Waals surface area (Å²) in [7, 11) is 0. The van der Waals surface area contributed by atoms with Crippen LogP contribution in [0, 0.1) is 0 Å². The molecule has 0 bridgehead atoms. The molecule has 17 heavy (non-hydrogen) atoms.